The maximum Gasteiger partial charge on any atom is 0.387 e. The maximum atomic E-state index is 15.4. The van der Waals surface area contributed by atoms with E-state index in [4.69, 9.17) is 11.6 Å². The highest BCUT2D eigenvalue weighted by atomic mass is 35.5. The number of rotatable bonds is 8. The predicted octanol–water partition coefficient (Wildman–Crippen LogP) is 7.61. The van der Waals surface area contributed by atoms with Gasteiger partial charge in [0.1, 0.15) is 0 Å². The van der Waals surface area contributed by atoms with Crippen molar-refractivity contribution in [2.45, 2.75) is 57.5 Å². The number of halogens is 4. The molecule has 2 atom stereocenters. The molecule has 0 N–H and O–H groups in total. The topological polar surface area (TPSA) is 32.8 Å². The molecule has 4 nitrogen and oxygen atoms in total. The van der Waals surface area contributed by atoms with E-state index in [1.807, 2.05) is 67.6 Å². The van der Waals surface area contributed by atoms with Gasteiger partial charge in [-0.1, -0.05) is 90.5 Å². The van der Waals surface area contributed by atoms with Crippen LogP contribution in [-0.4, -0.2) is 40.9 Å². The highest BCUT2D eigenvalue weighted by molar-refractivity contribution is 6.31. The van der Waals surface area contributed by atoms with E-state index in [0.717, 1.165) is 28.7 Å². The molecule has 0 radical (unpaired) electrons. The average Bonchev–Trinajstić information content (AvgIpc) is 3.44. The first-order valence-corrected chi connectivity index (χ1v) is 14.9. The van der Waals surface area contributed by atoms with Gasteiger partial charge in [0.15, 0.2) is 11.6 Å². The molecule has 4 aromatic rings. The molecule has 43 heavy (non-hydrogen) atoms. The molecule has 8 heteroatoms. The molecule has 6 rings (SSSR count). The van der Waals surface area contributed by atoms with Crippen LogP contribution >= 0.6 is 11.6 Å². The lowest BCUT2D eigenvalue weighted by molar-refractivity contribution is -0.140. The Hall–Kier alpha value is -3.81. The second-order valence-electron chi connectivity index (χ2n) is 11.2. The average molecular weight is 605 g/mol. The molecule has 1 amide bonds. The fourth-order valence-electron chi connectivity index (χ4n) is 6.62. The summed E-state index contributed by atoms with van der Waals surface area (Å²) >= 11 is 6.74. The summed E-state index contributed by atoms with van der Waals surface area (Å²) in [5, 5.41) is 0.620. The summed E-state index contributed by atoms with van der Waals surface area (Å²) in [7, 11) is 0. The molecule has 0 fully saturated rings. The maximum absolute atomic E-state index is 15.4. The van der Waals surface area contributed by atoms with Gasteiger partial charge in [0, 0.05) is 29.7 Å². The third-order valence-corrected chi connectivity index (χ3v) is 9.07. The van der Waals surface area contributed by atoms with Gasteiger partial charge < -0.3 is 9.64 Å². The van der Waals surface area contributed by atoms with Crippen LogP contribution in [0, 0.1) is 5.82 Å². The molecule has 0 saturated carbocycles. The van der Waals surface area contributed by atoms with Gasteiger partial charge in [-0.2, -0.15) is 8.78 Å². The normalized spacial score (nSPS) is 17.4. The van der Waals surface area contributed by atoms with Gasteiger partial charge in [0.05, 0.1) is 12.1 Å². The minimum Gasteiger partial charge on any atom is -0.432 e. The van der Waals surface area contributed by atoms with E-state index in [1.54, 1.807) is 4.90 Å². The summed E-state index contributed by atoms with van der Waals surface area (Å²) in [6.07, 6.45) is 2.02. The molecule has 1 aliphatic carbocycles. The molecule has 222 valence electrons. The number of alkyl halides is 2. The Morgan fingerprint density at radius 1 is 0.907 bits per heavy atom. The fourth-order valence-corrected chi connectivity index (χ4v) is 6.86. The van der Waals surface area contributed by atoms with Crippen molar-refractivity contribution >= 4 is 17.5 Å². The van der Waals surface area contributed by atoms with E-state index in [-0.39, 0.29) is 30.1 Å². The number of carbonyl (C=O) groups is 1. The first-order chi connectivity index (χ1) is 20.8. The number of hydrogen-bond acceptors (Lipinski definition) is 3. The van der Waals surface area contributed by atoms with Gasteiger partial charge >= 0.3 is 6.61 Å². The molecule has 0 spiro atoms. The Labute approximate surface area is 254 Å². The zero-order chi connectivity index (χ0) is 30.1. The van der Waals surface area contributed by atoms with E-state index < -0.39 is 24.2 Å². The number of benzene rings is 4. The van der Waals surface area contributed by atoms with Crippen molar-refractivity contribution in [1.29, 1.82) is 0 Å². The van der Waals surface area contributed by atoms with Crippen LogP contribution in [0.25, 0.3) is 0 Å². The Morgan fingerprint density at radius 3 is 2.21 bits per heavy atom. The molecular formula is C35H32ClF3N2O2. The van der Waals surface area contributed by atoms with Crippen molar-refractivity contribution in [3.63, 3.8) is 0 Å². The van der Waals surface area contributed by atoms with Gasteiger partial charge in [-0.15, -0.1) is 0 Å². The summed E-state index contributed by atoms with van der Waals surface area (Å²) < 4.78 is 45.8. The van der Waals surface area contributed by atoms with E-state index in [0.29, 0.717) is 24.4 Å². The van der Waals surface area contributed by atoms with Gasteiger partial charge in [-0.25, -0.2) is 4.39 Å². The van der Waals surface area contributed by atoms with Gasteiger partial charge in [0.2, 0.25) is 5.91 Å². The Kier molecular flexibility index (Phi) is 8.46. The minimum atomic E-state index is -3.16. The number of fused-ring (bicyclic) bond motifs is 2. The quantitative estimate of drug-likeness (QED) is 0.207. The van der Waals surface area contributed by atoms with Crippen LogP contribution in [0.3, 0.4) is 0 Å². The molecule has 0 bridgehead atoms. The largest absolute Gasteiger partial charge is 0.432 e. The van der Waals surface area contributed by atoms with Crippen molar-refractivity contribution < 1.29 is 22.7 Å². The molecule has 0 unspecified atom stereocenters. The summed E-state index contributed by atoms with van der Waals surface area (Å²) in [5.41, 5.74) is 5.65. The van der Waals surface area contributed by atoms with Crippen molar-refractivity contribution in [3.05, 3.63) is 135 Å². The number of carbonyl (C=O) groups excluding carboxylic acids is 1. The van der Waals surface area contributed by atoms with Crippen LogP contribution < -0.4 is 4.74 Å². The number of nitrogens with zero attached hydrogens (tertiary/aromatic N) is 2. The van der Waals surface area contributed by atoms with Crippen molar-refractivity contribution in [3.8, 4) is 5.75 Å². The third kappa shape index (κ3) is 5.89. The SMILES string of the molecule is C[C@@H](C(=O)N(Cc1cccc(OC(F)F)c1F)C1Cc2ccccc2C1)N1CCc2ccccc2[C@@H]1c1ccccc1Cl. The molecule has 0 saturated heterocycles. The van der Waals surface area contributed by atoms with Crippen LogP contribution in [0.4, 0.5) is 13.2 Å². The third-order valence-electron chi connectivity index (χ3n) is 8.73. The van der Waals surface area contributed by atoms with E-state index in [9.17, 15) is 13.6 Å². The molecule has 2 aliphatic rings. The van der Waals surface area contributed by atoms with Crippen molar-refractivity contribution in [2.75, 3.05) is 6.54 Å². The zero-order valence-electron chi connectivity index (χ0n) is 23.7. The van der Waals surface area contributed by atoms with E-state index >= 15 is 4.39 Å². The number of ether oxygens (including phenoxy) is 1. The summed E-state index contributed by atoms with van der Waals surface area (Å²) in [4.78, 5) is 18.5. The monoisotopic (exact) mass is 604 g/mol. The Morgan fingerprint density at radius 2 is 1.53 bits per heavy atom. The Balaban J connectivity index is 1.36. The summed E-state index contributed by atoms with van der Waals surface area (Å²) in [6.45, 7) is -0.711. The standard InChI is InChI=1S/C35H32ClF3N2O2/c1-22(40-18-17-23-9-4-5-13-28(23)33(40)29-14-6-7-15-30(29)36)34(42)41(27-19-24-10-2-3-11-25(24)20-27)21-26-12-8-16-31(32(26)37)43-35(38)39/h2-16,22,27,33,35H,17-21H2,1H3/t22-,33+/m0/s1. The molecule has 4 aromatic carbocycles. The predicted molar refractivity (Wildman–Crippen MR) is 161 cm³/mol. The van der Waals surface area contributed by atoms with E-state index in [2.05, 4.69) is 21.8 Å². The number of amides is 1. The smallest absolute Gasteiger partial charge is 0.387 e. The lowest BCUT2D eigenvalue weighted by atomic mass is 9.87. The molecule has 1 heterocycles. The second kappa shape index (κ2) is 12.4. The molecular weight excluding hydrogens is 573 g/mol. The van der Waals surface area contributed by atoms with Crippen LogP contribution in [0.5, 0.6) is 5.75 Å². The fraction of sp³-hybridized carbons (Fsp3) is 0.286. The van der Waals surface area contributed by atoms with Gasteiger partial charge in [-0.3, -0.25) is 9.69 Å². The van der Waals surface area contributed by atoms with Crippen LogP contribution in [0.2, 0.25) is 5.02 Å². The van der Waals surface area contributed by atoms with E-state index in [1.165, 1.54) is 23.8 Å². The zero-order valence-corrected chi connectivity index (χ0v) is 24.5. The lowest BCUT2D eigenvalue weighted by Gasteiger charge is -2.43. The Bertz CT molecular complexity index is 1610. The van der Waals surface area contributed by atoms with Crippen LogP contribution in [0.1, 0.15) is 46.3 Å². The summed E-state index contributed by atoms with van der Waals surface area (Å²) in [5.74, 6) is -1.58. The number of hydrogen-bond donors (Lipinski definition) is 0. The van der Waals surface area contributed by atoms with Crippen molar-refractivity contribution in [2.24, 2.45) is 0 Å². The van der Waals surface area contributed by atoms with Crippen LogP contribution in [0.15, 0.2) is 91.0 Å². The first-order valence-electron chi connectivity index (χ1n) is 14.5. The molecule has 1 aliphatic heterocycles. The minimum absolute atomic E-state index is 0.0741. The van der Waals surface area contributed by atoms with Gasteiger partial charge in [0.25, 0.3) is 0 Å². The lowest BCUT2D eigenvalue weighted by Crippen LogP contribution is -2.53. The highest BCUT2D eigenvalue weighted by Crippen LogP contribution is 2.40. The highest BCUT2D eigenvalue weighted by Gasteiger charge is 2.39. The summed E-state index contributed by atoms with van der Waals surface area (Å²) in [6, 6.07) is 27.1. The molecule has 0 aromatic heterocycles. The first kappa shape index (κ1) is 29.3. The second-order valence-corrected chi connectivity index (χ2v) is 11.6. The van der Waals surface area contributed by atoms with Gasteiger partial charge in [-0.05, 0) is 66.1 Å². The van der Waals surface area contributed by atoms with Crippen molar-refractivity contribution in [1.82, 2.24) is 9.80 Å². The van der Waals surface area contributed by atoms with Crippen LogP contribution in [-0.2, 0) is 30.6 Å².